The minimum Gasteiger partial charge on any atom is -0.393 e. The molecule has 0 rings (SSSR count). The Balaban J connectivity index is 4.47. The molecule has 0 saturated heterocycles. The van der Waals surface area contributed by atoms with Crippen LogP contribution in [0.1, 0.15) is 34.1 Å². The molecule has 0 bridgehead atoms. The van der Waals surface area contributed by atoms with Gasteiger partial charge in [-0.05, 0) is 34.1 Å². The zero-order valence-electron chi connectivity index (χ0n) is 8.78. The van der Waals surface area contributed by atoms with Gasteiger partial charge in [0.05, 0.1) is 11.7 Å². The van der Waals surface area contributed by atoms with Crippen molar-refractivity contribution in [1.82, 2.24) is 0 Å². The molecular weight excluding hydrogens is 170 g/mol. The maximum Gasteiger partial charge on any atom is 0.111 e. The minimum atomic E-state index is -1.36. The standard InChI is InChI=1S/C9H21NO3/c1-6(11)7(8(2,3)12)5-9(4,10)13/h6-7,11-13H,5,10H2,1-4H3. The Bertz CT molecular complexity index is 155. The van der Waals surface area contributed by atoms with Crippen molar-refractivity contribution in [3.8, 4) is 0 Å². The maximum atomic E-state index is 9.68. The van der Waals surface area contributed by atoms with Crippen LogP contribution in [0, 0.1) is 5.92 Å². The fourth-order valence-electron chi connectivity index (χ4n) is 1.46. The molecule has 0 aromatic heterocycles. The third kappa shape index (κ3) is 5.21. The second kappa shape index (κ2) is 3.92. The number of aliphatic hydroxyl groups excluding tert-OH is 1. The molecule has 0 saturated carbocycles. The topological polar surface area (TPSA) is 86.7 Å². The summed E-state index contributed by atoms with van der Waals surface area (Å²) in [5, 5.41) is 28.4. The average molecular weight is 191 g/mol. The van der Waals surface area contributed by atoms with Gasteiger partial charge in [0.15, 0.2) is 0 Å². The SMILES string of the molecule is CC(O)C(CC(C)(N)O)C(C)(C)O. The summed E-state index contributed by atoms with van der Waals surface area (Å²) < 4.78 is 0. The van der Waals surface area contributed by atoms with Crippen LogP contribution in [0.5, 0.6) is 0 Å². The smallest absolute Gasteiger partial charge is 0.111 e. The summed E-state index contributed by atoms with van der Waals surface area (Å²) in [6.45, 7) is 6.22. The van der Waals surface area contributed by atoms with E-state index in [9.17, 15) is 15.3 Å². The lowest BCUT2D eigenvalue weighted by molar-refractivity contribution is -0.0797. The summed E-state index contributed by atoms with van der Waals surface area (Å²) in [7, 11) is 0. The normalized spacial score (nSPS) is 22.2. The van der Waals surface area contributed by atoms with Gasteiger partial charge in [-0.25, -0.2) is 0 Å². The third-order valence-electron chi connectivity index (χ3n) is 2.12. The number of hydrogen-bond donors (Lipinski definition) is 4. The Morgan fingerprint density at radius 3 is 1.69 bits per heavy atom. The Morgan fingerprint density at radius 2 is 1.62 bits per heavy atom. The van der Waals surface area contributed by atoms with Crippen molar-refractivity contribution in [2.45, 2.75) is 51.5 Å². The summed E-state index contributed by atoms with van der Waals surface area (Å²) in [6, 6.07) is 0. The van der Waals surface area contributed by atoms with Crippen molar-refractivity contribution in [2.75, 3.05) is 0 Å². The molecule has 0 heterocycles. The van der Waals surface area contributed by atoms with E-state index in [0.717, 1.165) is 0 Å². The third-order valence-corrected chi connectivity index (χ3v) is 2.12. The Labute approximate surface area is 79.4 Å². The zero-order chi connectivity index (χ0) is 10.9. The first kappa shape index (κ1) is 12.8. The molecule has 13 heavy (non-hydrogen) atoms. The summed E-state index contributed by atoms with van der Waals surface area (Å²) in [5.41, 5.74) is 3.00. The largest absolute Gasteiger partial charge is 0.393 e. The van der Waals surface area contributed by atoms with Gasteiger partial charge in [-0.2, -0.15) is 0 Å². The molecular formula is C9H21NO3. The van der Waals surface area contributed by atoms with Gasteiger partial charge in [-0.1, -0.05) is 0 Å². The van der Waals surface area contributed by atoms with E-state index in [0.29, 0.717) is 0 Å². The molecule has 0 radical (unpaired) electrons. The second-order valence-electron chi connectivity index (χ2n) is 4.56. The monoisotopic (exact) mass is 191 g/mol. The Morgan fingerprint density at radius 1 is 1.23 bits per heavy atom. The number of rotatable bonds is 4. The lowest BCUT2D eigenvalue weighted by Crippen LogP contribution is -2.47. The highest BCUT2D eigenvalue weighted by Crippen LogP contribution is 2.27. The van der Waals surface area contributed by atoms with Crippen molar-refractivity contribution in [2.24, 2.45) is 11.7 Å². The highest BCUT2D eigenvalue weighted by molar-refractivity contribution is 4.85. The lowest BCUT2D eigenvalue weighted by atomic mass is 9.81. The van der Waals surface area contributed by atoms with Gasteiger partial charge in [0.1, 0.15) is 5.72 Å². The van der Waals surface area contributed by atoms with Crippen LogP contribution in [0.25, 0.3) is 0 Å². The van der Waals surface area contributed by atoms with Gasteiger partial charge in [-0.15, -0.1) is 0 Å². The molecule has 4 nitrogen and oxygen atoms in total. The van der Waals surface area contributed by atoms with Crippen molar-refractivity contribution < 1.29 is 15.3 Å². The fraction of sp³-hybridized carbons (Fsp3) is 1.00. The van der Waals surface area contributed by atoms with E-state index in [-0.39, 0.29) is 6.42 Å². The molecule has 4 heteroatoms. The van der Waals surface area contributed by atoms with Gasteiger partial charge in [0.2, 0.25) is 0 Å². The summed E-state index contributed by atoms with van der Waals surface area (Å²) in [5.74, 6) is -0.438. The number of aliphatic hydroxyl groups is 3. The minimum absolute atomic E-state index is 0.161. The highest BCUT2D eigenvalue weighted by Gasteiger charge is 2.35. The molecule has 80 valence electrons. The van der Waals surface area contributed by atoms with Crippen LogP contribution in [0.4, 0.5) is 0 Å². The van der Waals surface area contributed by atoms with Crippen LogP contribution in [0.3, 0.4) is 0 Å². The van der Waals surface area contributed by atoms with E-state index in [1.807, 2.05) is 0 Å². The van der Waals surface area contributed by atoms with E-state index in [1.165, 1.54) is 6.92 Å². The van der Waals surface area contributed by atoms with Gasteiger partial charge in [-0.3, -0.25) is 0 Å². The maximum absolute atomic E-state index is 9.68. The molecule has 0 aromatic rings. The first-order valence-corrected chi connectivity index (χ1v) is 4.46. The van der Waals surface area contributed by atoms with Gasteiger partial charge in [0, 0.05) is 5.92 Å². The molecule has 0 aliphatic carbocycles. The lowest BCUT2D eigenvalue weighted by Gasteiger charge is -2.35. The van der Waals surface area contributed by atoms with E-state index in [2.05, 4.69) is 0 Å². The number of hydrogen-bond acceptors (Lipinski definition) is 4. The van der Waals surface area contributed by atoms with Crippen LogP contribution in [-0.4, -0.2) is 32.7 Å². The molecule has 0 amide bonds. The quantitative estimate of drug-likeness (QED) is 0.464. The first-order chi connectivity index (χ1) is 5.54. The van der Waals surface area contributed by atoms with E-state index >= 15 is 0 Å². The molecule has 5 N–H and O–H groups in total. The predicted octanol–water partition coefficient (Wildman–Crippen LogP) is -0.188. The highest BCUT2D eigenvalue weighted by atomic mass is 16.3. The Kier molecular flexibility index (Phi) is 3.87. The fourth-order valence-corrected chi connectivity index (χ4v) is 1.46. The first-order valence-electron chi connectivity index (χ1n) is 4.46. The van der Waals surface area contributed by atoms with E-state index < -0.39 is 23.3 Å². The summed E-state index contributed by atoms with van der Waals surface area (Å²) in [6.07, 6.45) is -0.538. The molecule has 0 spiro atoms. The van der Waals surface area contributed by atoms with Gasteiger partial charge in [0.25, 0.3) is 0 Å². The molecule has 0 aromatic carbocycles. The van der Waals surface area contributed by atoms with Crippen LogP contribution < -0.4 is 5.73 Å². The van der Waals surface area contributed by atoms with E-state index in [1.54, 1.807) is 20.8 Å². The summed E-state index contributed by atoms with van der Waals surface area (Å²) in [4.78, 5) is 0. The summed E-state index contributed by atoms with van der Waals surface area (Å²) >= 11 is 0. The van der Waals surface area contributed by atoms with Crippen LogP contribution >= 0.6 is 0 Å². The molecule has 0 aliphatic rings. The molecule has 3 unspecified atom stereocenters. The van der Waals surface area contributed by atoms with E-state index in [4.69, 9.17) is 5.73 Å². The van der Waals surface area contributed by atoms with Crippen LogP contribution in [0.2, 0.25) is 0 Å². The molecule has 0 fully saturated rings. The Hall–Kier alpha value is -0.160. The average Bonchev–Trinajstić information content (AvgIpc) is 1.77. The van der Waals surface area contributed by atoms with Crippen LogP contribution in [0.15, 0.2) is 0 Å². The second-order valence-corrected chi connectivity index (χ2v) is 4.56. The van der Waals surface area contributed by atoms with Gasteiger partial charge < -0.3 is 21.1 Å². The molecule has 0 aliphatic heterocycles. The van der Waals surface area contributed by atoms with Crippen molar-refractivity contribution in [3.05, 3.63) is 0 Å². The van der Waals surface area contributed by atoms with Crippen LogP contribution in [-0.2, 0) is 0 Å². The number of nitrogens with two attached hydrogens (primary N) is 1. The van der Waals surface area contributed by atoms with Crippen molar-refractivity contribution >= 4 is 0 Å². The van der Waals surface area contributed by atoms with Crippen molar-refractivity contribution in [3.63, 3.8) is 0 Å². The predicted molar refractivity (Wildman–Crippen MR) is 50.9 cm³/mol. The zero-order valence-corrected chi connectivity index (χ0v) is 8.78. The molecule has 3 atom stereocenters. The van der Waals surface area contributed by atoms with Crippen molar-refractivity contribution in [1.29, 1.82) is 0 Å². The van der Waals surface area contributed by atoms with Gasteiger partial charge >= 0.3 is 0 Å².